The summed E-state index contributed by atoms with van der Waals surface area (Å²) in [5, 5.41) is 121. The molecule has 13 amide bonds. The molecule has 1 fully saturated rings. The number of hydrogen-bond acceptors (Lipinski definition) is 24. The van der Waals surface area contributed by atoms with Gasteiger partial charge in [-0.2, -0.15) is 0 Å². The van der Waals surface area contributed by atoms with Crippen molar-refractivity contribution < 1.29 is 119 Å². The summed E-state index contributed by atoms with van der Waals surface area (Å²) in [5.41, 5.74) is 38.7. The highest BCUT2D eigenvalue weighted by Gasteiger charge is 2.41. The standard InChI is InChI=1S/C90H127F5N30O20/c91-67-50(68(92)70(94)71(95)69(67)93)39-62(123-84(143)64(43-127)125-81(140)61(38-48-41-113-52-19-8-7-18-49(48)52)122-83(142)63(42-126)124-80(139)59(120-73(132)51(96)40-66(129)130)37-45-25-27-47(28-26-45)72(131)46-16-5-2-6-17-46)82(141)121-60(36-44-14-3-1-4-15-44)79(138)117-55(22-11-33-110-88(102)103)75(134)114-53(20-9-31-108-86(98)99)74(133)115-54(21-10-32-109-87(100)101)76(135)118-57(29-30-65(97)128)78(137)116-56(23-12-34-111-89(104)105)77(136)119-58(85(144)145)24-13-35-112-90(106)107/h2,5-8,16-19,25-28,41,44,51,53-64,113,126-127H,1,3-4,9-15,20-24,29-40,42-43,96H2,(H2,97,128)(H,114,134)(H,115,133)(H,116,137)(H,117,138)(H,118,135)(H,119,136)(H,120,132)(H,121,141)(H,122,142)(H,123,143)(H,124,139)(H,125,140)(H,129,130)(H,144,145)(H4,98,99,108)(H4,100,101,109)(H4,102,103,110)(H4,104,105,111)(H4,106,107,112)/t51-,53-,54-,55-,56-,57-,58-,59-,60-,61-,62-,63-,64-/m1/s1. The van der Waals surface area contributed by atoms with Crippen LogP contribution in [0.15, 0.2) is 85.1 Å². The molecule has 4 aromatic carbocycles. The molecule has 5 aromatic rings. The molecule has 1 heterocycles. The Kier molecular flexibility index (Phi) is 48.5. The molecule has 1 saturated carbocycles. The number of hydrogen-bond donors (Lipinski definition) is 34. The predicted octanol–water partition coefficient (Wildman–Crippen LogP) is -5.64. The molecule has 1 aromatic heterocycles. The van der Waals surface area contributed by atoms with E-state index in [4.69, 9.17) is 67.2 Å². The second kappa shape index (κ2) is 59.7. The minimum Gasteiger partial charge on any atom is -0.481 e. The van der Waals surface area contributed by atoms with Gasteiger partial charge in [-0.25, -0.2) is 26.7 Å². The number of amides is 13. The largest absolute Gasteiger partial charge is 0.481 e. The van der Waals surface area contributed by atoms with E-state index in [0.717, 1.165) is 0 Å². The van der Waals surface area contributed by atoms with E-state index in [1.165, 1.54) is 30.5 Å². The first kappa shape index (κ1) is 118. The molecule has 0 saturated heterocycles. The quantitative estimate of drug-likeness (QED) is 0.00328. The molecule has 55 heteroatoms. The maximum atomic E-state index is 16.1. The Morgan fingerprint density at radius 1 is 0.366 bits per heavy atom. The molecule has 792 valence electrons. The van der Waals surface area contributed by atoms with Crippen molar-refractivity contribution >= 4 is 135 Å². The van der Waals surface area contributed by atoms with Crippen LogP contribution in [0.4, 0.5) is 22.0 Å². The van der Waals surface area contributed by atoms with Crippen LogP contribution in [0.25, 0.3) is 10.9 Å². The molecule has 13 atom stereocenters. The topological polar surface area (TPSA) is 876 Å². The number of H-pyrrole nitrogens is 1. The van der Waals surface area contributed by atoms with Crippen LogP contribution in [-0.4, -0.2) is 274 Å². The average molecular weight is 2040 g/mol. The van der Waals surface area contributed by atoms with Crippen LogP contribution in [0.3, 0.4) is 0 Å². The number of aliphatic hydroxyl groups is 2. The van der Waals surface area contributed by atoms with Crippen molar-refractivity contribution in [2.24, 2.45) is 46.1 Å². The van der Waals surface area contributed by atoms with E-state index >= 15 is 36.7 Å². The highest BCUT2D eigenvalue weighted by molar-refractivity contribution is 6.09. The molecule has 41 N–H and O–H groups in total. The molecule has 50 nitrogen and oxygen atoms in total. The van der Waals surface area contributed by atoms with Gasteiger partial charge < -0.3 is 156 Å². The van der Waals surface area contributed by atoms with E-state index in [1.54, 1.807) is 54.6 Å². The summed E-state index contributed by atoms with van der Waals surface area (Å²) in [5.74, 6) is -35.8. The fourth-order valence-corrected chi connectivity index (χ4v) is 15.4. The van der Waals surface area contributed by atoms with Gasteiger partial charge in [0.15, 0.2) is 58.8 Å². The van der Waals surface area contributed by atoms with Gasteiger partial charge in [0.2, 0.25) is 82.6 Å². The van der Waals surface area contributed by atoms with Crippen LogP contribution in [0.2, 0.25) is 0 Å². The zero-order chi connectivity index (χ0) is 107. The first-order chi connectivity index (χ1) is 68.8. The maximum absolute atomic E-state index is 16.1. The fraction of sp³-hybridized carbons (Fsp3) is 0.478. The van der Waals surface area contributed by atoms with Gasteiger partial charge in [0.05, 0.1) is 25.7 Å². The number of carbonyl (C=O) groups is 16. The number of nitrogens with two attached hydrogens (primary N) is 7. The summed E-state index contributed by atoms with van der Waals surface area (Å²) >= 11 is 0. The predicted molar refractivity (Wildman–Crippen MR) is 513 cm³/mol. The van der Waals surface area contributed by atoms with E-state index in [9.17, 15) is 82.4 Å². The molecule has 6 rings (SSSR count). The van der Waals surface area contributed by atoms with Crippen molar-refractivity contribution in [3.05, 3.63) is 142 Å². The van der Waals surface area contributed by atoms with E-state index in [0.29, 0.717) is 48.6 Å². The third-order valence-corrected chi connectivity index (χ3v) is 23.1. The lowest BCUT2D eigenvalue weighted by molar-refractivity contribution is -0.142. The van der Waals surface area contributed by atoms with E-state index in [1.807, 2.05) is 5.32 Å². The van der Waals surface area contributed by atoms with E-state index in [-0.39, 0.29) is 107 Å². The van der Waals surface area contributed by atoms with Crippen LogP contribution in [0, 0.1) is 62.1 Å². The number of benzene rings is 4. The number of ketones is 1. The Balaban J connectivity index is 1.35. The summed E-state index contributed by atoms with van der Waals surface area (Å²) in [7, 11) is 0. The van der Waals surface area contributed by atoms with Crippen LogP contribution >= 0.6 is 0 Å². The SMILES string of the molecule is N=C(N)NCCC[C@@H](NC(=O)[C@@H](CCCNC(=N)N)NC(=O)[C@@H](CCC(N)=O)NC(=O)[C@@H](CCCNC(=N)N)NC(=O)[C@@H](CCCNC(=N)N)NC(=O)[C@@H](CCCNC(=N)N)NC(=O)[C@@H](CC1CCCCC1)NC(=O)[C@@H](Cc1c(F)c(F)c(F)c(F)c1F)NC(=O)[C@@H](CO)NC(=O)[C@@H](Cc1c[nH]c2ccccc12)NC(=O)[C@@H](CO)NC(=O)[C@@H](Cc1ccc(C(=O)c2ccccc2)cc1)NC(=O)[C@H](N)CC(=O)O)C(=O)O. The lowest BCUT2D eigenvalue weighted by atomic mass is 9.84. The number of rotatable bonds is 62. The number of carbonyl (C=O) groups excluding carboxylic acids is 14. The summed E-state index contributed by atoms with van der Waals surface area (Å²) in [6.45, 7) is -3.32. The first-order valence-corrected chi connectivity index (χ1v) is 46.3. The van der Waals surface area contributed by atoms with Crippen molar-refractivity contribution in [1.29, 1.82) is 27.0 Å². The zero-order valence-corrected chi connectivity index (χ0v) is 78.9. The van der Waals surface area contributed by atoms with Gasteiger partial charge in [0, 0.05) is 92.2 Å². The molecular weight excluding hydrogens is 1920 g/mol. The maximum Gasteiger partial charge on any atom is 0.326 e. The van der Waals surface area contributed by atoms with Crippen molar-refractivity contribution in [2.45, 2.75) is 220 Å². The van der Waals surface area contributed by atoms with Crippen LogP contribution in [0.1, 0.15) is 155 Å². The molecule has 0 unspecified atom stereocenters. The minimum absolute atomic E-state index is 0.0182. The van der Waals surface area contributed by atoms with Gasteiger partial charge in [-0.1, -0.05) is 105 Å². The zero-order valence-electron chi connectivity index (χ0n) is 78.9. The van der Waals surface area contributed by atoms with Crippen LogP contribution < -0.4 is 131 Å². The Hall–Kier alpha value is -16.0. The molecule has 145 heavy (non-hydrogen) atoms. The first-order valence-electron chi connectivity index (χ1n) is 46.3. The number of para-hydroxylation sites is 1. The minimum atomic E-state index is -2.67. The molecular formula is C90H127F5N30O20. The van der Waals surface area contributed by atoms with Gasteiger partial charge in [-0.3, -0.25) is 99.0 Å². The number of aromatic nitrogens is 1. The number of aliphatic carboxylic acids is 2. The summed E-state index contributed by atoms with van der Waals surface area (Å²) < 4.78 is 77.6. The normalized spacial score (nSPS) is 14.5. The monoisotopic (exact) mass is 2040 g/mol. The van der Waals surface area contributed by atoms with Crippen LogP contribution in [0.5, 0.6) is 0 Å². The van der Waals surface area contributed by atoms with Gasteiger partial charge in [-0.15, -0.1) is 0 Å². The van der Waals surface area contributed by atoms with E-state index in [2.05, 4.69) is 90.1 Å². The van der Waals surface area contributed by atoms with Crippen molar-refractivity contribution in [1.82, 2.24) is 95.4 Å². The molecule has 1 aliphatic rings. The third-order valence-electron chi connectivity index (χ3n) is 23.1. The molecule has 0 radical (unpaired) electrons. The van der Waals surface area contributed by atoms with Gasteiger partial charge in [0.25, 0.3) is 0 Å². The number of primary amides is 1. The number of aromatic amines is 1. The smallest absolute Gasteiger partial charge is 0.326 e. The van der Waals surface area contributed by atoms with Crippen molar-refractivity contribution in [3.8, 4) is 0 Å². The Labute approximate surface area is 827 Å². The van der Waals surface area contributed by atoms with Gasteiger partial charge in [0.1, 0.15) is 72.5 Å². The highest BCUT2D eigenvalue weighted by Crippen LogP contribution is 2.30. The molecule has 0 aliphatic heterocycles. The number of carboxylic acid groups (broad SMARTS) is 2. The number of carboxylic acids is 2. The number of fused-ring (bicyclic) bond motifs is 1. The average Bonchev–Trinajstić information content (AvgIpc) is 1.41. The van der Waals surface area contributed by atoms with E-state index < -0.39 is 309 Å². The Bertz CT molecular complexity index is 5390. The lowest BCUT2D eigenvalue weighted by Crippen LogP contribution is -2.62. The molecule has 0 bridgehead atoms. The number of aliphatic hydroxyl groups excluding tert-OH is 2. The van der Waals surface area contributed by atoms with Crippen LogP contribution in [-0.2, 0) is 91.2 Å². The molecule has 1 aliphatic carbocycles. The summed E-state index contributed by atoms with van der Waals surface area (Å²) in [6.07, 6.45) is -3.53. The Morgan fingerprint density at radius 3 is 1.09 bits per heavy atom. The third kappa shape index (κ3) is 39.8. The summed E-state index contributed by atoms with van der Waals surface area (Å²) in [4.78, 5) is 229. The van der Waals surface area contributed by atoms with Gasteiger partial charge >= 0.3 is 11.9 Å². The number of nitrogens with one attached hydrogen (secondary N) is 23. The van der Waals surface area contributed by atoms with Crippen molar-refractivity contribution in [3.63, 3.8) is 0 Å². The number of guanidine groups is 5. The Morgan fingerprint density at radius 2 is 0.690 bits per heavy atom. The second-order valence-corrected chi connectivity index (χ2v) is 34.2. The van der Waals surface area contributed by atoms with Crippen molar-refractivity contribution in [2.75, 3.05) is 45.9 Å². The summed E-state index contributed by atoms with van der Waals surface area (Å²) in [6, 6.07) is -4.65. The fourth-order valence-electron chi connectivity index (χ4n) is 15.4. The van der Waals surface area contributed by atoms with Gasteiger partial charge in [-0.05, 0) is 100 Å². The highest BCUT2D eigenvalue weighted by atomic mass is 19.2. The number of halogens is 5. The molecule has 0 spiro atoms. The lowest BCUT2D eigenvalue weighted by Gasteiger charge is -2.30. The second-order valence-electron chi connectivity index (χ2n) is 34.2.